The Balaban J connectivity index is 1.30. The molecule has 2 saturated heterocycles. The second kappa shape index (κ2) is 11.0. The van der Waals surface area contributed by atoms with Crippen LogP contribution >= 0.6 is 0 Å². The van der Waals surface area contributed by atoms with Gasteiger partial charge in [0, 0.05) is 44.7 Å². The zero-order chi connectivity index (χ0) is 24.9. The zero-order valence-electron chi connectivity index (χ0n) is 20.6. The van der Waals surface area contributed by atoms with Gasteiger partial charge in [0.05, 0.1) is 18.5 Å². The van der Waals surface area contributed by atoms with Gasteiger partial charge in [0.2, 0.25) is 5.91 Å². The Morgan fingerprint density at radius 3 is 2.06 bits per heavy atom. The molecule has 2 amide bonds. The molecule has 1 aromatic heterocycles. The van der Waals surface area contributed by atoms with Crippen molar-refractivity contribution in [2.24, 2.45) is 0 Å². The maximum atomic E-state index is 13.6. The number of hydrogen-bond donors (Lipinski definition) is 0. The average Bonchev–Trinajstić information content (AvgIpc) is 3.21. The summed E-state index contributed by atoms with van der Waals surface area (Å²) in [6.45, 7) is 4.77. The molecular formula is C28H33N5O3. The summed E-state index contributed by atoms with van der Waals surface area (Å²) in [6.07, 6.45) is 4.57. The van der Waals surface area contributed by atoms with Gasteiger partial charge in [0.1, 0.15) is 0 Å². The van der Waals surface area contributed by atoms with Crippen LogP contribution in [-0.4, -0.2) is 82.1 Å². The van der Waals surface area contributed by atoms with Crippen molar-refractivity contribution in [2.75, 3.05) is 45.8 Å². The van der Waals surface area contributed by atoms with Crippen molar-refractivity contribution in [1.29, 1.82) is 0 Å². The first-order valence-corrected chi connectivity index (χ1v) is 12.9. The standard InChI is InChI=1S/C28H33N5O3/c34-25(31-14-8-1-2-9-15-31)21-30-16-18-32(19-17-30)28(36)26-23-12-6-7-13-24(23)27(35)33(29-26)20-22-10-4-3-5-11-22/h3-7,10-13H,1-2,8-9,14-21H2. The summed E-state index contributed by atoms with van der Waals surface area (Å²) in [7, 11) is 0. The molecular weight excluding hydrogens is 454 g/mol. The number of rotatable bonds is 5. The SMILES string of the molecule is O=C(CN1CCN(C(=O)c2nn(Cc3ccccc3)c(=O)c3ccccc23)CC1)N1CCCCCC1. The molecule has 2 fully saturated rings. The van der Waals surface area contributed by atoms with Gasteiger partial charge in [-0.1, -0.05) is 61.4 Å². The minimum atomic E-state index is -0.206. The first-order valence-electron chi connectivity index (χ1n) is 12.9. The van der Waals surface area contributed by atoms with E-state index in [2.05, 4.69) is 10.00 Å². The molecule has 0 saturated carbocycles. The number of carbonyl (C=O) groups is 2. The van der Waals surface area contributed by atoms with Gasteiger partial charge in [0.15, 0.2) is 5.69 Å². The van der Waals surface area contributed by atoms with E-state index >= 15 is 0 Å². The third-order valence-electron chi connectivity index (χ3n) is 7.22. The fourth-order valence-corrected chi connectivity index (χ4v) is 5.13. The van der Waals surface area contributed by atoms with Crippen molar-refractivity contribution in [1.82, 2.24) is 24.5 Å². The lowest BCUT2D eigenvalue weighted by atomic mass is 10.1. The molecule has 0 unspecified atom stereocenters. The number of likely N-dealkylation sites (tertiary alicyclic amines) is 1. The molecule has 8 heteroatoms. The summed E-state index contributed by atoms with van der Waals surface area (Å²) in [5.41, 5.74) is 1.04. The number of carbonyl (C=O) groups excluding carboxylic acids is 2. The number of aromatic nitrogens is 2. The molecule has 3 aromatic rings. The molecule has 188 valence electrons. The van der Waals surface area contributed by atoms with Gasteiger partial charge in [0.25, 0.3) is 11.5 Å². The monoisotopic (exact) mass is 487 g/mol. The van der Waals surface area contributed by atoms with Crippen LogP contribution < -0.4 is 5.56 Å². The third-order valence-corrected chi connectivity index (χ3v) is 7.22. The Morgan fingerprint density at radius 2 is 1.36 bits per heavy atom. The Kier molecular flexibility index (Phi) is 7.41. The molecule has 0 aliphatic carbocycles. The van der Waals surface area contributed by atoms with Crippen LogP contribution in [0.5, 0.6) is 0 Å². The predicted octanol–water partition coefficient (Wildman–Crippen LogP) is 2.61. The molecule has 2 aliphatic rings. The Bertz CT molecular complexity index is 1270. The lowest BCUT2D eigenvalue weighted by Gasteiger charge is -2.35. The van der Waals surface area contributed by atoms with Gasteiger partial charge >= 0.3 is 0 Å². The van der Waals surface area contributed by atoms with Crippen LogP contribution in [0.3, 0.4) is 0 Å². The van der Waals surface area contributed by atoms with Gasteiger partial charge in [-0.25, -0.2) is 4.68 Å². The van der Waals surface area contributed by atoms with Crippen LogP contribution in [0.25, 0.3) is 10.8 Å². The molecule has 0 radical (unpaired) electrons. The highest BCUT2D eigenvalue weighted by molar-refractivity contribution is 6.04. The fourth-order valence-electron chi connectivity index (χ4n) is 5.13. The summed E-state index contributed by atoms with van der Waals surface area (Å²) in [6, 6.07) is 16.8. The molecule has 8 nitrogen and oxygen atoms in total. The number of benzene rings is 2. The first-order chi connectivity index (χ1) is 17.6. The van der Waals surface area contributed by atoms with Gasteiger partial charge in [-0.3, -0.25) is 19.3 Å². The van der Waals surface area contributed by atoms with Gasteiger partial charge < -0.3 is 9.80 Å². The summed E-state index contributed by atoms with van der Waals surface area (Å²) in [5, 5.41) is 5.62. The summed E-state index contributed by atoms with van der Waals surface area (Å²) in [4.78, 5) is 45.4. The molecule has 5 rings (SSSR count). The van der Waals surface area contributed by atoms with Crippen LogP contribution in [0.4, 0.5) is 0 Å². The van der Waals surface area contributed by atoms with Crippen molar-refractivity contribution in [3.8, 4) is 0 Å². The molecule has 0 bridgehead atoms. The van der Waals surface area contributed by atoms with Crippen LogP contribution in [0.1, 0.15) is 41.7 Å². The van der Waals surface area contributed by atoms with Crippen molar-refractivity contribution in [2.45, 2.75) is 32.2 Å². The molecule has 0 atom stereocenters. The largest absolute Gasteiger partial charge is 0.342 e. The van der Waals surface area contributed by atoms with Crippen molar-refractivity contribution in [3.05, 3.63) is 76.2 Å². The molecule has 3 heterocycles. The number of nitrogens with zero attached hydrogens (tertiary/aromatic N) is 5. The maximum Gasteiger partial charge on any atom is 0.275 e. The van der Waals surface area contributed by atoms with E-state index in [0.717, 1.165) is 31.5 Å². The fraction of sp³-hybridized carbons (Fsp3) is 0.429. The van der Waals surface area contributed by atoms with E-state index < -0.39 is 0 Å². The van der Waals surface area contributed by atoms with Gasteiger partial charge in [-0.05, 0) is 24.5 Å². The van der Waals surface area contributed by atoms with E-state index in [1.165, 1.54) is 17.5 Å². The van der Waals surface area contributed by atoms with E-state index in [1.54, 1.807) is 17.0 Å². The summed E-state index contributed by atoms with van der Waals surface area (Å²) >= 11 is 0. The number of piperazine rings is 1. The molecule has 0 N–H and O–H groups in total. The second-order valence-corrected chi connectivity index (χ2v) is 9.71. The normalized spacial score (nSPS) is 17.2. The van der Waals surface area contributed by atoms with Gasteiger partial charge in [-0.15, -0.1) is 0 Å². The van der Waals surface area contributed by atoms with E-state index in [-0.39, 0.29) is 17.4 Å². The summed E-state index contributed by atoms with van der Waals surface area (Å²) < 4.78 is 1.39. The topological polar surface area (TPSA) is 78.8 Å². The molecule has 2 aromatic carbocycles. The Hall–Kier alpha value is -3.52. The maximum absolute atomic E-state index is 13.6. The summed E-state index contributed by atoms with van der Waals surface area (Å²) in [5.74, 6) is 0.0174. The average molecular weight is 488 g/mol. The Labute approximate surface area is 211 Å². The van der Waals surface area contributed by atoms with E-state index in [0.29, 0.717) is 55.7 Å². The molecule has 0 spiro atoms. The number of hydrogen-bond acceptors (Lipinski definition) is 5. The van der Waals surface area contributed by atoms with Crippen LogP contribution in [0.2, 0.25) is 0 Å². The van der Waals surface area contributed by atoms with Crippen molar-refractivity contribution in [3.63, 3.8) is 0 Å². The molecule has 36 heavy (non-hydrogen) atoms. The lowest BCUT2D eigenvalue weighted by molar-refractivity contribution is -0.132. The number of amides is 2. The van der Waals surface area contributed by atoms with E-state index in [9.17, 15) is 14.4 Å². The van der Waals surface area contributed by atoms with Crippen molar-refractivity contribution >= 4 is 22.6 Å². The Morgan fingerprint density at radius 1 is 0.722 bits per heavy atom. The first kappa shape index (κ1) is 24.2. The lowest BCUT2D eigenvalue weighted by Crippen LogP contribution is -2.52. The third kappa shape index (κ3) is 5.33. The zero-order valence-corrected chi connectivity index (χ0v) is 20.6. The predicted molar refractivity (Wildman–Crippen MR) is 139 cm³/mol. The smallest absolute Gasteiger partial charge is 0.275 e. The molecule has 2 aliphatic heterocycles. The van der Waals surface area contributed by atoms with Crippen LogP contribution in [0, 0.1) is 0 Å². The van der Waals surface area contributed by atoms with E-state index in [4.69, 9.17) is 0 Å². The highest BCUT2D eigenvalue weighted by atomic mass is 16.2. The quantitative estimate of drug-likeness (QED) is 0.553. The van der Waals surface area contributed by atoms with Crippen LogP contribution in [-0.2, 0) is 11.3 Å². The minimum Gasteiger partial charge on any atom is -0.342 e. The minimum absolute atomic E-state index is 0.175. The number of fused-ring (bicyclic) bond motifs is 1. The highest BCUT2D eigenvalue weighted by Crippen LogP contribution is 2.17. The second-order valence-electron chi connectivity index (χ2n) is 9.71. The van der Waals surface area contributed by atoms with Gasteiger partial charge in [-0.2, -0.15) is 5.10 Å². The van der Waals surface area contributed by atoms with Crippen molar-refractivity contribution < 1.29 is 9.59 Å². The highest BCUT2D eigenvalue weighted by Gasteiger charge is 2.27. The van der Waals surface area contributed by atoms with Crippen LogP contribution in [0.15, 0.2) is 59.4 Å². The van der Waals surface area contributed by atoms with E-state index in [1.807, 2.05) is 47.4 Å².